The molecule has 15 heavy (non-hydrogen) atoms. The molecule has 0 saturated carbocycles. The smallest absolute Gasteiger partial charge is 0.0487 e. The summed E-state index contributed by atoms with van der Waals surface area (Å²) in [5.41, 5.74) is 1.57. The third-order valence-corrected chi connectivity index (χ3v) is 2.27. The normalized spacial score (nSPS) is 14.5. The summed E-state index contributed by atoms with van der Waals surface area (Å²) in [6.07, 6.45) is 2.96. The fraction of sp³-hybridized carbons (Fsp3) is 0.714. The Balaban J connectivity index is 4.33. The van der Waals surface area contributed by atoms with Crippen LogP contribution in [0, 0.1) is 10.8 Å². The van der Waals surface area contributed by atoms with E-state index in [0.717, 1.165) is 12.1 Å². The average molecular weight is 209 g/mol. The van der Waals surface area contributed by atoms with E-state index in [-0.39, 0.29) is 16.9 Å². The van der Waals surface area contributed by atoms with E-state index in [1.165, 1.54) is 0 Å². The Hall–Kier alpha value is -0.720. The van der Waals surface area contributed by atoms with E-state index < -0.39 is 0 Å². The van der Waals surface area contributed by atoms with Crippen molar-refractivity contribution < 1.29 is 0 Å². The molecule has 0 heterocycles. The minimum absolute atomic E-state index is 0.183. The van der Waals surface area contributed by atoms with E-state index in [0.29, 0.717) is 0 Å². The highest BCUT2D eigenvalue weighted by Crippen LogP contribution is 2.25. The lowest BCUT2D eigenvalue weighted by Gasteiger charge is -2.32. The number of hydrogen-bond acceptors (Lipinski definition) is 1. The van der Waals surface area contributed by atoms with Gasteiger partial charge in [-0.1, -0.05) is 54.2 Å². The van der Waals surface area contributed by atoms with Crippen LogP contribution in [0.25, 0.3) is 0 Å². The van der Waals surface area contributed by atoms with Gasteiger partial charge in [0.1, 0.15) is 0 Å². The van der Waals surface area contributed by atoms with Gasteiger partial charge in [0.2, 0.25) is 0 Å². The Morgan fingerprint density at radius 2 is 1.67 bits per heavy atom. The van der Waals surface area contributed by atoms with Crippen LogP contribution in [-0.2, 0) is 0 Å². The first-order valence-electron chi connectivity index (χ1n) is 5.63. The van der Waals surface area contributed by atoms with Crippen LogP contribution >= 0.6 is 0 Å². The summed E-state index contributed by atoms with van der Waals surface area (Å²) in [5, 5.41) is 3.45. The van der Waals surface area contributed by atoms with Crippen molar-refractivity contribution in [1.82, 2.24) is 5.32 Å². The Morgan fingerprint density at radius 3 is 1.93 bits per heavy atom. The molecule has 0 fully saturated rings. The first-order valence-corrected chi connectivity index (χ1v) is 5.63. The maximum Gasteiger partial charge on any atom is 0.0487 e. The predicted octanol–water partition coefficient (Wildman–Crippen LogP) is 4.13. The van der Waals surface area contributed by atoms with Crippen LogP contribution in [-0.4, -0.2) is 6.04 Å². The maximum atomic E-state index is 4.08. The van der Waals surface area contributed by atoms with Crippen molar-refractivity contribution in [3.63, 3.8) is 0 Å². The van der Waals surface area contributed by atoms with E-state index in [4.69, 9.17) is 0 Å². The second-order valence-corrected chi connectivity index (χ2v) is 6.56. The van der Waals surface area contributed by atoms with Gasteiger partial charge in [-0.05, 0) is 17.3 Å². The molecule has 1 N–H and O–H groups in total. The van der Waals surface area contributed by atoms with Crippen LogP contribution in [0.1, 0.15) is 48.0 Å². The van der Waals surface area contributed by atoms with Crippen molar-refractivity contribution in [1.29, 1.82) is 0 Å². The summed E-state index contributed by atoms with van der Waals surface area (Å²) in [4.78, 5) is 0. The van der Waals surface area contributed by atoms with E-state index >= 15 is 0 Å². The summed E-state index contributed by atoms with van der Waals surface area (Å²) in [6.45, 7) is 21.2. The van der Waals surface area contributed by atoms with Crippen molar-refractivity contribution in [2.75, 3.05) is 0 Å². The van der Waals surface area contributed by atoms with Gasteiger partial charge in [0, 0.05) is 11.7 Å². The molecule has 0 bridgehead atoms. The van der Waals surface area contributed by atoms with Crippen LogP contribution in [0.5, 0.6) is 0 Å². The fourth-order valence-corrected chi connectivity index (χ4v) is 1.54. The first-order chi connectivity index (χ1) is 6.56. The lowest BCUT2D eigenvalue weighted by molar-refractivity contribution is 0.315. The Kier molecular flexibility index (Phi) is 4.64. The second kappa shape index (κ2) is 4.87. The zero-order chi connectivity index (χ0) is 12.3. The van der Waals surface area contributed by atoms with Crippen molar-refractivity contribution in [3.8, 4) is 0 Å². The molecule has 88 valence electrons. The van der Waals surface area contributed by atoms with Crippen molar-refractivity contribution in [2.45, 2.75) is 54.0 Å². The Morgan fingerprint density at radius 1 is 1.20 bits per heavy atom. The van der Waals surface area contributed by atoms with Crippen molar-refractivity contribution >= 4 is 0 Å². The van der Waals surface area contributed by atoms with Gasteiger partial charge in [0.05, 0.1) is 0 Å². The second-order valence-electron chi connectivity index (χ2n) is 6.56. The largest absolute Gasteiger partial charge is 0.382 e. The molecule has 0 aromatic rings. The molecule has 0 radical (unpaired) electrons. The Bertz CT molecular complexity index is 225. The summed E-state index contributed by atoms with van der Waals surface area (Å²) < 4.78 is 0. The molecule has 0 aliphatic heterocycles. The van der Waals surface area contributed by atoms with Crippen LogP contribution in [0.2, 0.25) is 0 Å². The van der Waals surface area contributed by atoms with Gasteiger partial charge in [0.15, 0.2) is 0 Å². The van der Waals surface area contributed by atoms with E-state index in [9.17, 15) is 0 Å². The molecule has 0 aliphatic carbocycles. The van der Waals surface area contributed by atoms with Crippen LogP contribution in [0.4, 0.5) is 0 Å². The van der Waals surface area contributed by atoms with Gasteiger partial charge in [-0.3, -0.25) is 0 Å². The van der Waals surface area contributed by atoms with Crippen LogP contribution in [0.15, 0.2) is 24.9 Å². The fourth-order valence-electron chi connectivity index (χ4n) is 1.54. The quantitative estimate of drug-likeness (QED) is 0.687. The van der Waals surface area contributed by atoms with Gasteiger partial charge in [0.25, 0.3) is 0 Å². The highest BCUT2D eigenvalue weighted by Gasteiger charge is 2.22. The highest BCUT2D eigenvalue weighted by molar-refractivity contribution is 5.04. The standard InChI is InChI=1S/C14H27N/c1-9-12(14(6,7)8)15-11(2)10-13(3,4)5/h9,12,15H,1-2,10H2,3-8H3. The van der Waals surface area contributed by atoms with E-state index in [2.05, 4.69) is 60.0 Å². The van der Waals surface area contributed by atoms with Gasteiger partial charge < -0.3 is 5.32 Å². The summed E-state index contributed by atoms with van der Waals surface area (Å²) in [5.74, 6) is 0. The molecule has 0 spiro atoms. The zero-order valence-corrected chi connectivity index (χ0v) is 11.3. The van der Waals surface area contributed by atoms with Gasteiger partial charge in [-0.2, -0.15) is 0 Å². The minimum atomic E-state index is 0.183. The molecule has 0 aromatic heterocycles. The van der Waals surface area contributed by atoms with Gasteiger partial charge in [-0.25, -0.2) is 0 Å². The molecule has 0 aromatic carbocycles. The summed E-state index contributed by atoms with van der Waals surface area (Å²) in [6, 6.07) is 0.285. The Labute approximate surface area is 95.7 Å². The third-order valence-electron chi connectivity index (χ3n) is 2.27. The van der Waals surface area contributed by atoms with Gasteiger partial charge in [-0.15, -0.1) is 6.58 Å². The topological polar surface area (TPSA) is 12.0 Å². The molecule has 1 atom stereocenters. The highest BCUT2D eigenvalue weighted by atomic mass is 14.9. The molecule has 0 rings (SSSR count). The summed E-state index contributed by atoms with van der Waals surface area (Å²) >= 11 is 0. The average Bonchev–Trinajstić information content (AvgIpc) is 1.94. The number of allylic oxidation sites excluding steroid dienone is 1. The summed E-state index contributed by atoms with van der Waals surface area (Å²) in [7, 11) is 0. The molecule has 0 aliphatic rings. The number of hydrogen-bond donors (Lipinski definition) is 1. The maximum absolute atomic E-state index is 4.08. The molecular weight excluding hydrogens is 182 g/mol. The molecule has 1 unspecified atom stereocenters. The number of nitrogens with one attached hydrogen (secondary N) is 1. The molecule has 0 saturated heterocycles. The number of rotatable bonds is 4. The molecule has 0 amide bonds. The lowest BCUT2D eigenvalue weighted by atomic mass is 9.85. The SMILES string of the molecule is C=CC(NC(=C)CC(C)(C)C)C(C)(C)C. The molecule has 1 nitrogen and oxygen atoms in total. The van der Waals surface area contributed by atoms with Crippen LogP contribution in [0.3, 0.4) is 0 Å². The monoisotopic (exact) mass is 209 g/mol. The van der Waals surface area contributed by atoms with E-state index in [1.807, 2.05) is 6.08 Å². The molecular formula is C14H27N. The lowest BCUT2D eigenvalue weighted by Crippen LogP contribution is -2.38. The minimum Gasteiger partial charge on any atom is -0.382 e. The van der Waals surface area contributed by atoms with Gasteiger partial charge >= 0.3 is 0 Å². The van der Waals surface area contributed by atoms with Crippen LogP contribution < -0.4 is 5.32 Å². The molecule has 1 heteroatoms. The third kappa shape index (κ3) is 6.38. The first kappa shape index (κ1) is 14.3. The van der Waals surface area contributed by atoms with Crippen molar-refractivity contribution in [3.05, 3.63) is 24.9 Å². The van der Waals surface area contributed by atoms with Crippen molar-refractivity contribution in [2.24, 2.45) is 10.8 Å². The van der Waals surface area contributed by atoms with E-state index in [1.54, 1.807) is 0 Å². The predicted molar refractivity (Wildman–Crippen MR) is 69.8 cm³/mol. The zero-order valence-electron chi connectivity index (χ0n) is 11.3.